The minimum absolute atomic E-state index is 0.222. The standard InChI is InChI=1S/C22H21N5O2/c1-22(2,3)27-18-17(19(28)20(18)29)25-16-10-11-23-21(26-16)24-15-9-8-13-6-4-5-7-14(13)12-15/h4-12,27H,1-3H3,(H2,23,24,25,26). The minimum Gasteiger partial charge on any atom is -0.375 e. The van der Waals surface area contributed by atoms with Gasteiger partial charge in [-0.3, -0.25) is 9.59 Å². The van der Waals surface area contributed by atoms with E-state index in [-0.39, 0.29) is 16.9 Å². The van der Waals surface area contributed by atoms with E-state index in [2.05, 4.69) is 25.9 Å². The molecule has 1 aromatic heterocycles. The Balaban J connectivity index is 1.56. The van der Waals surface area contributed by atoms with E-state index in [1.165, 1.54) is 0 Å². The zero-order valence-electron chi connectivity index (χ0n) is 16.4. The average molecular weight is 387 g/mol. The number of fused-ring (bicyclic) bond motifs is 1. The summed E-state index contributed by atoms with van der Waals surface area (Å²) in [6, 6.07) is 15.7. The van der Waals surface area contributed by atoms with E-state index in [0.29, 0.717) is 11.8 Å². The Kier molecular flexibility index (Phi) is 4.50. The third-order valence-corrected chi connectivity index (χ3v) is 4.32. The van der Waals surface area contributed by atoms with Crippen LogP contribution in [0, 0.1) is 0 Å². The number of hydrogen-bond donors (Lipinski definition) is 3. The summed E-state index contributed by atoms with van der Waals surface area (Å²) in [5.74, 6) is 0.807. The average Bonchev–Trinajstić information content (AvgIpc) is 2.70. The molecule has 4 aromatic rings. The Morgan fingerprint density at radius 3 is 2.31 bits per heavy atom. The van der Waals surface area contributed by atoms with Gasteiger partial charge in [0.1, 0.15) is 17.2 Å². The first kappa shape index (κ1) is 18.6. The summed E-state index contributed by atoms with van der Waals surface area (Å²) in [6.45, 7) is 5.76. The van der Waals surface area contributed by atoms with Gasteiger partial charge in [0.05, 0.1) is 0 Å². The molecule has 4 rings (SSSR count). The summed E-state index contributed by atoms with van der Waals surface area (Å²) >= 11 is 0. The number of hydrogen-bond acceptors (Lipinski definition) is 7. The lowest BCUT2D eigenvalue weighted by Gasteiger charge is -2.24. The van der Waals surface area contributed by atoms with Gasteiger partial charge in [0.2, 0.25) is 5.95 Å². The summed E-state index contributed by atoms with van der Waals surface area (Å²) in [6.07, 6.45) is 1.58. The van der Waals surface area contributed by atoms with Crippen LogP contribution in [0.25, 0.3) is 10.8 Å². The number of aromatic nitrogens is 2. The van der Waals surface area contributed by atoms with Crippen molar-refractivity contribution in [1.82, 2.24) is 9.97 Å². The molecule has 0 radical (unpaired) electrons. The predicted molar refractivity (Wildman–Crippen MR) is 117 cm³/mol. The molecule has 0 unspecified atom stereocenters. The van der Waals surface area contributed by atoms with Gasteiger partial charge in [-0.25, -0.2) is 4.98 Å². The molecule has 0 fully saturated rings. The Morgan fingerprint density at radius 2 is 1.55 bits per heavy atom. The quantitative estimate of drug-likeness (QED) is 0.447. The van der Waals surface area contributed by atoms with E-state index < -0.39 is 10.9 Å². The molecule has 0 spiro atoms. The second-order valence-corrected chi connectivity index (χ2v) is 7.86. The van der Waals surface area contributed by atoms with Crippen LogP contribution in [0.4, 0.5) is 28.8 Å². The fraction of sp³-hybridized carbons (Fsp3) is 0.182. The van der Waals surface area contributed by atoms with Crippen molar-refractivity contribution in [2.45, 2.75) is 26.3 Å². The van der Waals surface area contributed by atoms with Gasteiger partial charge in [0.15, 0.2) is 0 Å². The Hall–Kier alpha value is -3.74. The fourth-order valence-electron chi connectivity index (χ4n) is 3.02. The molecule has 0 amide bonds. The Bertz CT molecular complexity index is 1270. The molecule has 29 heavy (non-hydrogen) atoms. The first-order valence-corrected chi connectivity index (χ1v) is 9.27. The van der Waals surface area contributed by atoms with Crippen molar-refractivity contribution in [2.75, 3.05) is 16.0 Å². The zero-order valence-corrected chi connectivity index (χ0v) is 16.4. The third-order valence-electron chi connectivity index (χ3n) is 4.32. The number of anilines is 5. The van der Waals surface area contributed by atoms with Crippen LogP contribution in [0.3, 0.4) is 0 Å². The molecular formula is C22H21N5O2. The summed E-state index contributed by atoms with van der Waals surface area (Å²) < 4.78 is 0. The van der Waals surface area contributed by atoms with Gasteiger partial charge >= 0.3 is 0 Å². The molecular weight excluding hydrogens is 366 g/mol. The summed E-state index contributed by atoms with van der Waals surface area (Å²) in [5.41, 5.74) is -0.0616. The number of nitrogens with zero attached hydrogens (tertiary/aromatic N) is 2. The minimum atomic E-state index is -0.556. The molecule has 0 aliphatic heterocycles. The molecule has 7 nitrogen and oxygen atoms in total. The van der Waals surface area contributed by atoms with Crippen LogP contribution in [-0.2, 0) is 0 Å². The molecule has 7 heteroatoms. The SMILES string of the molecule is CC(C)(C)Nc1c(Nc2ccnc(Nc3ccc4ccccc4c3)n2)c(=O)c1=O. The lowest BCUT2D eigenvalue weighted by molar-refractivity contribution is 0.632. The second-order valence-electron chi connectivity index (χ2n) is 7.86. The van der Waals surface area contributed by atoms with Gasteiger partial charge in [-0.15, -0.1) is 0 Å². The highest BCUT2D eigenvalue weighted by Crippen LogP contribution is 2.24. The van der Waals surface area contributed by atoms with Crippen molar-refractivity contribution in [2.24, 2.45) is 0 Å². The summed E-state index contributed by atoms with van der Waals surface area (Å²) in [5, 5.41) is 11.4. The molecule has 3 aromatic carbocycles. The van der Waals surface area contributed by atoms with E-state index in [9.17, 15) is 9.59 Å². The molecule has 0 atom stereocenters. The van der Waals surface area contributed by atoms with Crippen LogP contribution >= 0.6 is 0 Å². The van der Waals surface area contributed by atoms with Crippen LogP contribution in [0.5, 0.6) is 0 Å². The van der Waals surface area contributed by atoms with E-state index in [0.717, 1.165) is 16.5 Å². The van der Waals surface area contributed by atoms with Crippen molar-refractivity contribution in [1.29, 1.82) is 0 Å². The van der Waals surface area contributed by atoms with Gasteiger partial charge < -0.3 is 16.0 Å². The number of nitrogens with one attached hydrogen (secondary N) is 3. The molecule has 3 N–H and O–H groups in total. The van der Waals surface area contributed by atoms with E-state index in [1.54, 1.807) is 12.3 Å². The van der Waals surface area contributed by atoms with Gasteiger partial charge in [0.25, 0.3) is 10.9 Å². The fourth-order valence-corrected chi connectivity index (χ4v) is 3.02. The summed E-state index contributed by atoms with van der Waals surface area (Å²) in [4.78, 5) is 32.5. The highest BCUT2D eigenvalue weighted by Gasteiger charge is 2.25. The van der Waals surface area contributed by atoms with Gasteiger partial charge in [-0.2, -0.15) is 4.98 Å². The van der Waals surface area contributed by atoms with E-state index in [4.69, 9.17) is 0 Å². The predicted octanol–water partition coefficient (Wildman–Crippen LogP) is 3.92. The first-order chi connectivity index (χ1) is 13.8. The Labute approximate surface area is 167 Å². The van der Waals surface area contributed by atoms with Crippen LogP contribution in [0.15, 0.2) is 64.3 Å². The van der Waals surface area contributed by atoms with Crippen molar-refractivity contribution < 1.29 is 0 Å². The Morgan fingerprint density at radius 1 is 0.828 bits per heavy atom. The molecule has 0 saturated heterocycles. The zero-order chi connectivity index (χ0) is 20.6. The number of rotatable bonds is 5. The van der Waals surface area contributed by atoms with E-state index >= 15 is 0 Å². The maximum absolute atomic E-state index is 12.0. The lowest BCUT2D eigenvalue weighted by Crippen LogP contribution is -2.41. The van der Waals surface area contributed by atoms with Crippen LogP contribution in [-0.4, -0.2) is 15.5 Å². The van der Waals surface area contributed by atoms with Crippen molar-refractivity contribution in [3.63, 3.8) is 0 Å². The maximum Gasteiger partial charge on any atom is 0.253 e. The number of benzene rings is 2. The third kappa shape index (κ3) is 3.94. The topological polar surface area (TPSA) is 96.0 Å². The molecule has 1 heterocycles. The molecule has 0 aliphatic rings. The van der Waals surface area contributed by atoms with Crippen LogP contribution in [0.1, 0.15) is 20.8 Å². The van der Waals surface area contributed by atoms with Gasteiger partial charge in [-0.1, -0.05) is 30.3 Å². The molecule has 0 saturated carbocycles. The molecule has 146 valence electrons. The van der Waals surface area contributed by atoms with Crippen molar-refractivity contribution in [3.05, 3.63) is 75.2 Å². The van der Waals surface area contributed by atoms with Crippen molar-refractivity contribution >= 4 is 39.6 Å². The molecule has 0 bridgehead atoms. The smallest absolute Gasteiger partial charge is 0.253 e. The highest BCUT2D eigenvalue weighted by atomic mass is 16.2. The maximum atomic E-state index is 12.0. The normalized spacial score (nSPS) is 11.6. The molecule has 0 aliphatic carbocycles. The lowest BCUT2D eigenvalue weighted by atomic mass is 10.1. The second kappa shape index (κ2) is 7.01. The largest absolute Gasteiger partial charge is 0.375 e. The van der Waals surface area contributed by atoms with Crippen molar-refractivity contribution in [3.8, 4) is 0 Å². The summed E-state index contributed by atoms with van der Waals surface area (Å²) in [7, 11) is 0. The van der Waals surface area contributed by atoms with Gasteiger partial charge in [0, 0.05) is 17.4 Å². The van der Waals surface area contributed by atoms with Crippen LogP contribution in [0.2, 0.25) is 0 Å². The monoisotopic (exact) mass is 387 g/mol. The first-order valence-electron chi connectivity index (χ1n) is 9.27. The highest BCUT2D eigenvalue weighted by molar-refractivity contribution is 5.86. The van der Waals surface area contributed by atoms with E-state index in [1.807, 2.05) is 63.2 Å². The van der Waals surface area contributed by atoms with Crippen LogP contribution < -0.4 is 26.8 Å². The van der Waals surface area contributed by atoms with Gasteiger partial charge in [-0.05, 0) is 49.7 Å².